The highest BCUT2D eigenvalue weighted by Gasteiger charge is 2.19. The molecule has 10 heteroatoms. The molecule has 9 nitrogen and oxygen atoms in total. The number of anilines is 2. The Kier molecular flexibility index (Phi) is 9.23. The topological polar surface area (TPSA) is 130 Å². The Morgan fingerprint density at radius 2 is 1.63 bits per heavy atom. The summed E-state index contributed by atoms with van der Waals surface area (Å²) in [5, 5.41) is 33.4. The fourth-order valence-electron chi connectivity index (χ4n) is 3.91. The van der Waals surface area contributed by atoms with E-state index in [0.717, 1.165) is 46.7 Å². The quantitative estimate of drug-likeness (QED) is 0.246. The molecule has 2 aromatic carbocycles. The summed E-state index contributed by atoms with van der Waals surface area (Å²) in [6, 6.07) is 18.7. The van der Waals surface area contributed by atoms with Crippen LogP contribution in [0.15, 0.2) is 60.7 Å². The molecule has 0 aliphatic carbocycles. The number of aliphatic hydroxyl groups is 1. The van der Waals surface area contributed by atoms with E-state index in [1.54, 1.807) is 24.3 Å². The average Bonchev–Trinajstić information content (AvgIpc) is 3.34. The van der Waals surface area contributed by atoms with Crippen molar-refractivity contribution < 1.29 is 14.7 Å². The minimum Gasteiger partial charge on any atom is -0.378 e. The van der Waals surface area contributed by atoms with Gasteiger partial charge >= 0.3 is 0 Å². The maximum Gasteiger partial charge on any atom is 0.259 e. The number of nitrogens with one attached hydrogen (secondary N) is 2. The van der Waals surface area contributed by atoms with E-state index in [0.29, 0.717) is 22.9 Å². The lowest BCUT2D eigenvalue weighted by atomic mass is 10.1. The molecule has 2 amide bonds. The zero-order valence-corrected chi connectivity index (χ0v) is 22.2. The molecule has 0 saturated carbocycles. The van der Waals surface area contributed by atoms with Crippen molar-refractivity contribution in [2.24, 2.45) is 0 Å². The third-order valence-corrected chi connectivity index (χ3v) is 6.71. The summed E-state index contributed by atoms with van der Waals surface area (Å²) in [5.74, 6) is -0.232. The predicted octanol–water partition coefficient (Wildman–Crippen LogP) is 4.36. The molecule has 3 N–H and O–H groups in total. The number of rotatable bonds is 11. The summed E-state index contributed by atoms with van der Waals surface area (Å²) in [6.45, 7) is 3.90. The number of hydrogen-bond acceptors (Lipinski definition) is 8. The Bertz CT molecular complexity index is 1390. The van der Waals surface area contributed by atoms with Gasteiger partial charge in [0.15, 0.2) is 11.9 Å². The van der Waals surface area contributed by atoms with E-state index in [2.05, 4.69) is 31.0 Å². The van der Waals surface area contributed by atoms with Crippen molar-refractivity contribution in [1.29, 1.82) is 0 Å². The van der Waals surface area contributed by atoms with E-state index in [1.807, 2.05) is 50.2 Å². The van der Waals surface area contributed by atoms with E-state index in [9.17, 15) is 14.7 Å². The molecule has 2 heterocycles. The summed E-state index contributed by atoms with van der Waals surface area (Å²) >= 11 is 1.30. The average molecular weight is 531 g/mol. The molecule has 0 radical (unpaired) electrons. The number of nitrogens with zero attached hydrogens (tertiary/aromatic N) is 4. The van der Waals surface area contributed by atoms with E-state index < -0.39 is 12.0 Å². The Labute approximate surface area is 225 Å². The van der Waals surface area contributed by atoms with Crippen molar-refractivity contribution in [2.75, 3.05) is 10.6 Å². The molecule has 0 aliphatic rings. The number of aryl methyl sites for hydroxylation is 4. The van der Waals surface area contributed by atoms with Crippen LogP contribution in [0.4, 0.5) is 10.9 Å². The zero-order valence-electron chi connectivity index (χ0n) is 21.3. The van der Waals surface area contributed by atoms with Crippen LogP contribution in [0, 0.1) is 13.8 Å². The van der Waals surface area contributed by atoms with Gasteiger partial charge in [-0.2, -0.15) is 5.10 Å². The van der Waals surface area contributed by atoms with Gasteiger partial charge in [-0.15, -0.1) is 15.3 Å². The van der Waals surface area contributed by atoms with Crippen LogP contribution in [0.5, 0.6) is 0 Å². The fraction of sp³-hybridized carbons (Fsp3) is 0.286. The van der Waals surface area contributed by atoms with Crippen LogP contribution in [0.25, 0.3) is 0 Å². The Balaban J connectivity index is 1.17. The molecule has 0 bridgehead atoms. The van der Waals surface area contributed by atoms with Crippen LogP contribution in [0.3, 0.4) is 0 Å². The summed E-state index contributed by atoms with van der Waals surface area (Å²) in [4.78, 5) is 24.6. The fourth-order valence-corrected chi connectivity index (χ4v) is 4.69. The summed E-state index contributed by atoms with van der Waals surface area (Å²) in [7, 11) is 0. The van der Waals surface area contributed by atoms with Crippen LogP contribution < -0.4 is 10.6 Å². The van der Waals surface area contributed by atoms with Crippen molar-refractivity contribution in [3.05, 3.63) is 93.6 Å². The van der Waals surface area contributed by atoms with Crippen LogP contribution in [-0.4, -0.2) is 37.3 Å². The van der Waals surface area contributed by atoms with Crippen molar-refractivity contribution in [1.82, 2.24) is 20.4 Å². The molecule has 196 valence electrons. The molecule has 0 fully saturated rings. The van der Waals surface area contributed by atoms with Gasteiger partial charge in [0.05, 0.1) is 12.1 Å². The number of amides is 2. The van der Waals surface area contributed by atoms with Gasteiger partial charge in [-0.25, -0.2) is 0 Å². The number of aromatic nitrogens is 4. The standard InChI is InChI=1S/C28H30N6O3S/c1-18-7-5-9-20(15-18)17-24(35)29-23-14-13-22(31-32-23)11-3-4-12-25-33-34-28(38-25)30-27(37)26(36)21-10-6-8-19(2)16-21/h5-10,13-16,26,36H,3-4,11-12,17H2,1-2H3,(H,29,32,35)(H,30,34,37). The number of aliphatic hydroxyl groups excluding tert-OH is 1. The van der Waals surface area contributed by atoms with Crippen LogP contribution in [0.1, 0.15) is 51.9 Å². The van der Waals surface area contributed by atoms with Crippen molar-refractivity contribution in [3.63, 3.8) is 0 Å². The highest BCUT2D eigenvalue weighted by Crippen LogP contribution is 2.21. The number of carbonyl (C=O) groups is 2. The number of hydrogen-bond donors (Lipinski definition) is 3. The van der Waals surface area contributed by atoms with Crippen LogP contribution >= 0.6 is 11.3 Å². The third kappa shape index (κ3) is 7.99. The summed E-state index contributed by atoms with van der Waals surface area (Å²) in [6.07, 6.45) is 2.22. The monoisotopic (exact) mass is 530 g/mol. The van der Waals surface area contributed by atoms with Gasteiger partial charge in [0.25, 0.3) is 5.91 Å². The van der Waals surface area contributed by atoms with Crippen LogP contribution in [-0.2, 0) is 28.9 Å². The van der Waals surface area contributed by atoms with Crippen molar-refractivity contribution in [2.45, 2.75) is 52.1 Å². The predicted molar refractivity (Wildman–Crippen MR) is 147 cm³/mol. The minimum atomic E-state index is -1.27. The van der Waals surface area contributed by atoms with E-state index in [-0.39, 0.29) is 12.3 Å². The number of benzene rings is 2. The highest BCUT2D eigenvalue weighted by molar-refractivity contribution is 7.15. The number of unbranched alkanes of at least 4 members (excludes halogenated alkanes) is 1. The van der Waals surface area contributed by atoms with Crippen molar-refractivity contribution in [3.8, 4) is 0 Å². The molecule has 1 unspecified atom stereocenters. The van der Waals surface area contributed by atoms with Crippen LogP contribution in [0.2, 0.25) is 0 Å². The molecule has 0 saturated heterocycles. The Morgan fingerprint density at radius 3 is 2.37 bits per heavy atom. The largest absolute Gasteiger partial charge is 0.378 e. The lowest BCUT2D eigenvalue weighted by Crippen LogP contribution is -2.20. The first-order valence-electron chi connectivity index (χ1n) is 12.4. The molecule has 38 heavy (non-hydrogen) atoms. The number of carbonyl (C=O) groups excluding carboxylic acids is 2. The van der Waals surface area contributed by atoms with E-state index in [1.165, 1.54) is 11.3 Å². The first-order valence-corrected chi connectivity index (χ1v) is 13.2. The van der Waals surface area contributed by atoms with E-state index >= 15 is 0 Å². The molecule has 4 rings (SSSR count). The smallest absolute Gasteiger partial charge is 0.259 e. The maximum atomic E-state index is 12.4. The zero-order chi connectivity index (χ0) is 26.9. The van der Waals surface area contributed by atoms with E-state index in [4.69, 9.17) is 0 Å². The summed E-state index contributed by atoms with van der Waals surface area (Å²) in [5.41, 5.74) is 4.42. The van der Waals surface area contributed by atoms with Gasteiger partial charge in [-0.1, -0.05) is 71.0 Å². The van der Waals surface area contributed by atoms with Gasteiger partial charge < -0.3 is 10.4 Å². The van der Waals surface area contributed by atoms with Crippen molar-refractivity contribution >= 4 is 34.1 Å². The second kappa shape index (κ2) is 13.0. The van der Waals surface area contributed by atoms with Gasteiger partial charge in [0, 0.05) is 6.42 Å². The first kappa shape index (κ1) is 27.0. The maximum absolute atomic E-state index is 12.4. The van der Waals surface area contributed by atoms with Gasteiger partial charge in [-0.3, -0.25) is 14.9 Å². The molecule has 0 aliphatic heterocycles. The second-order valence-electron chi connectivity index (χ2n) is 9.14. The SMILES string of the molecule is Cc1cccc(CC(=O)Nc2ccc(CCCCc3nnc(NC(=O)C(O)c4cccc(C)c4)s3)nn2)c1. The normalized spacial score (nSPS) is 11.7. The van der Waals surface area contributed by atoms with Gasteiger partial charge in [0.2, 0.25) is 11.0 Å². The highest BCUT2D eigenvalue weighted by atomic mass is 32.1. The molecule has 4 aromatic rings. The lowest BCUT2D eigenvalue weighted by Gasteiger charge is -2.10. The summed E-state index contributed by atoms with van der Waals surface area (Å²) < 4.78 is 0. The first-order chi connectivity index (χ1) is 18.4. The molecule has 2 aromatic heterocycles. The lowest BCUT2D eigenvalue weighted by molar-refractivity contribution is -0.124. The molecule has 0 spiro atoms. The minimum absolute atomic E-state index is 0.130. The molecular formula is C28H30N6O3S. The molecule has 1 atom stereocenters. The van der Waals surface area contributed by atoms with Gasteiger partial charge in [0.1, 0.15) is 5.01 Å². The second-order valence-corrected chi connectivity index (χ2v) is 10.2. The Morgan fingerprint density at radius 1 is 0.868 bits per heavy atom. The van der Waals surface area contributed by atoms with Gasteiger partial charge in [-0.05, 0) is 56.4 Å². The Hall–Kier alpha value is -4.02. The molecular weight excluding hydrogens is 500 g/mol. The third-order valence-electron chi connectivity index (χ3n) is 5.81.